The third-order valence-corrected chi connectivity index (χ3v) is 1.76. The molecule has 1 aromatic rings. The quantitative estimate of drug-likeness (QED) is 0.691. The Hall–Kier alpha value is -2.04. The Morgan fingerprint density at radius 2 is 1.94 bits per heavy atom. The summed E-state index contributed by atoms with van der Waals surface area (Å²) in [5.41, 5.74) is 0. The van der Waals surface area contributed by atoms with Gasteiger partial charge in [0, 0.05) is 18.9 Å². The lowest BCUT2D eigenvalue weighted by atomic mass is 10.3. The standard InChI is InChI=1S/C11H13NO4/c13-10(12-7-6-11(14)15)8-16-9-4-2-1-3-5-9/h1-5H,6-8H2,(H,12,13)(H,14,15)/p-1. The summed E-state index contributed by atoms with van der Waals surface area (Å²) in [5, 5.41) is 12.5. The van der Waals surface area contributed by atoms with E-state index < -0.39 is 5.97 Å². The van der Waals surface area contributed by atoms with E-state index >= 15 is 0 Å². The molecule has 0 aromatic heterocycles. The molecular formula is C11H12NO4-. The molecule has 0 unspecified atom stereocenters. The van der Waals surface area contributed by atoms with Gasteiger partial charge in [0.05, 0.1) is 0 Å². The predicted octanol–water partition coefficient (Wildman–Crippen LogP) is -0.678. The number of carbonyl (C=O) groups is 2. The number of hydrogen-bond donors (Lipinski definition) is 1. The highest BCUT2D eigenvalue weighted by Crippen LogP contribution is 2.07. The number of amides is 1. The molecule has 1 rings (SSSR count). The Kier molecular flexibility index (Phi) is 4.85. The van der Waals surface area contributed by atoms with Gasteiger partial charge in [0.1, 0.15) is 5.75 Å². The van der Waals surface area contributed by atoms with Crippen LogP contribution in [0.2, 0.25) is 0 Å². The number of carbonyl (C=O) groups excluding carboxylic acids is 2. The first-order valence-electron chi connectivity index (χ1n) is 4.83. The maximum absolute atomic E-state index is 11.1. The highest BCUT2D eigenvalue weighted by atomic mass is 16.5. The number of nitrogens with one attached hydrogen (secondary N) is 1. The molecule has 86 valence electrons. The van der Waals surface area contributed by atoms with E-state index in [0.717, 1.165) is 0 Å². The van der Waals surface area contributed by atoms with Crippen molar-refractivity contribution < 1.29 is 19.4 Å². The fourth-order valence-electron chi connectivity index (χ4n) is 1.02. The van der Waals surface area contributed by atoms with Crippen molar-refractivity contribution in [2.24, 2.45) is 0 Å². The average Bonchev–Trinajstić information content (AvgIpc) is 2.27. The van der Waals surface area contributed by atoms with Crippen molar-refractivity contribution in [3.8, 4) is 5.75 Å². The molecule has 5 nitrogen and oxygen atoms in total. The second kappa shape index (κ2) is 6.44. The maximum Gasteiger partial charge on any atom is 0.257 e. The molecule has 0 heterocycles. The molecule has 1 amide bonds. The fourth-order valence-corrected chi connectivity index (χ4v) is 1.02. The van der Waals surface area contributed by atoms with E-state index in [-0.39, 0.29) is 25.5 Å². The monoisotopic (exact) mass is 222 g/mol. The van der Waals surface area contributed by atoms with Crippen molar-refractivity contribution >= 4 is 11.9 Å². The molecule has 0 radical (unpaired) electrons. The minimum absolute atomic E-state index is 0.0549. The zero-order valence-corrected chi connectivity index (χ0v) is 8.64. The number of benzene rings is 1. The molecule has 1 aromatic carbocycles. The van der Waals surface area contributed by atoms with Crippen LogP contribution < -0.4 is 15.2 Å². The van der Waals surface area contributed by atoms with Crippen LogP contribution >= 0.6 is 0 Å². The Labute approximate surface area is 93.0 Å². The Bertz CT molecular complexity index is 350. The molecular weight excluding hydrogens is 210 g/mol. The molecule has 0 aliphatic rings. The molecule has 0 aliphatic heterocycles. The lowest BCUT2D eigenvalue weighted by Gasteiger charge is -2.07. The van der Waals surface area contributed by atoms with Gasteiger partial charge in [0.15, 0.2) is 6.61 Å². The van der Waals surface area contributed by atoms with E-state index in [4.69, 9.17) is 4.74 Å². The number of carboxylic acid groups (broad SMARTS) is 1. The van der Waals surface area contributed by atoms with Crippen molar-refractivity contribution in [1.29, 1.82) is 0 Å². The molecule has 0 fully saturated rings. The minimum Gasteiger partial charge on any atom is -0.550 e. The summed E-state index contributed by atoms with van der Waals surface area (Å²) < 4.78 is 5.15. The molecule has 5 heteroatoms. The van der Waals surface area contributed by atoms with E-state index in [2.05, 4.69) is 5.32 Å². The molecule has 0 bridgehead atoms. The Morgan fingerprint density at radius 3 is 2.56 bits per heavy atom. The topological polar surface area (TPSA) is 78.5 Å². The number of para-hydroxylation sites is 1. The van der Waals surface area contributed by atoms with E-state index in [1.54, 1.807) is 24.3 Å². The van der Waals surface area contributed by atoms with Gasteiger partial charge in [-0.3, -0.25) is 4.79 Å². The van der Waals surface area contributed by atoms with Crippen LogP contribution in [0, 0.1) is 0 Å². The number of rotatable bonds is 6. The van der Waals surface area contributed by atoms with Crippen molar-refractivity contribution in [2.75, 3.05) is 13.2 Å². The van der Waals surface area contributed by atoms with Crippen LogP contribution in [0.3, 0.4) is 0 Å². The van der Waals surface area contributed by atoms with Crippen molar-refractivity contribution in [3.63, 3.8) is 0 Å². The van der Waals surface area contributed by atoms with Crippen LogP contribution in [0.4, 0.5) is 0 Å². The van der Waals surface area contributed by atoms with Gasteiger partial charge in [0.2, 0.25) is 0 Å². The van der Waals surface area contributed by atoms with Gasteiger partial charge in [0.25, 0.3) is 5.91 Å². The average molecular weight is 222 g/mol. The largest absolute Gasteiger partial charge is 0.550 e. The van der Waals surface area contributed by atoms with Crippen molar-refractivity contribution in [1.82, 2.24) is 5.32 Å². The van der Waals surface area contributed by atoms with Gasteiger partial charge in [-0.1, -0.05) is 18.2 Å². The molecule has 0 saturated carbocycles. The van der Waals surface area contributed by atoms with Crippen molar-refractivity contribution in [2.45, 2.75) is 6.42 Å². The first kappa shape index (κ1) is 12.0. The predicted molar refractivity (Wildman–Crippen MR) is 54.6 cm³/mol. The van der Waals surface area contributed by atoms with Crippen LogP contribution in [0.25, 0.3) is 0 Å². The zero-order chi connectivity index (χ0) is 11.8. The van der Waals surface area contributed by atoms with Crippen LogP contribution in [0.5, 0.6) is 5.75 Å². The lowest BCUT2D eigenvalue weighted by molar-refractivity contribution is -0.305. The van der Waals surface area contributed by atoms with Gasteiger partial charge < -0.3 is 20.0 Å². The van der Waals surface area contributed by atoms with Crippen LogP contribution in [0.1, 0.15) is 6.42 Å². The summed E-state index contributed by atoms with van der Waals surface area (Å²) in [7, 11) is 0. The summed E-state index contributed by atoms with van der Waals surface area (Å²) in [6.07, 6.45) is -0.197. The summed E-state index contributed by atoms with van der Waals surface area (Å²) in [4.78, 5) is 21.2. The molecule has 0 saturated heterocycles. The van der Waals surface area contributed by atoms with Crippen LogP contribution in [-0.2, 0) is 9.59 Å². The second-order valence-corrected chi connectivity index (χ2v) is 3.07. The van der Waals surface area contributed by atoms with Gasteiger partial charge in [-0.05, 0) is 12.1 Å². The van der Waals surface area contributed by atoms with E-state index in [9.17, 15) is 14.7 Å². The fraction of sp³-hybridized carbons (Fsp3) is 0.273. The number of aliphatic carboxylic acids is 1. The van der Waals surface area contributed by atoms with E-state index in [1.807, 2.05) is 6.07 Å². The van der Waals surface area contributed by atoms with E-state index in [0.29, 0.717) is 5.75 Å². The lowest BCUT2D eigenvalue weighted by Crippen LogP contribution is -2.33. The highest BCUT2D eigenvalue weighted by molar-refractivity contribution is 5.78. The second-order valence-electron chi connectivity index (χ2n) is 3.07. The summed E-state index contributed by atoms with van der Waals surface area (Å²) in [6.45, 7) is -0.0730. The Balaban J connectivity index is 2.18. The zero-order valence-electron chi connectivity index (χ0n) is 8.64. The maximum atomic E-state index is 11.1. The summed E-state index contributed by atoms with van der Waals surface area (Å²) in [6, 6.07) is 8.89. The first-order valence-corrected chi connectivity index (χ1v) is 4.83. The number of ether oxygens (including phenoxy) is 1. The summed E-state index contributed by atoms with van der Waals surface area (Å²) >= 11 is 0. The smallest absolute Gasteiger partial charge is 0.257 e. The molecule has 1 N–H and O–H groups in total. The SMILES string of the molecule is O=C([O-])CCNC(=O)COc1ccccc1. The highest BCUT2D eigenvalue weighted by Gasteiger charge is 2.01. The number of carboxylic acids is 1. The third kappa shape index (κ3) is 4.99. The summed E-state index contributed by atoms with van der Waals surface area (Å²) in [5.74, 6) is -0.952. The normalized spacial score (nSPS) is 9.50. The molecule has 0 atom stereocenters. The number of hydrogen-bond acceptors (Lipinski definition) is 4. The minimum atomic E-state index is -1.19. The van der Waals surface area contributed by atoms with Crippen LogP contribution in [0.15, 0.2) is 30.3 Å². The van der Waals surface area contributed by atoms with Crippen LogP contribution in [-0.4, -0.2) is 25.0 Å². The Morgan fingerprint density at radius 1 is 1.25 bits per heavy atom. The van der Waals surface area contributed by atoms with Gasteiger partial charge in [-0.2, -0.15) is 0 Å². The molecule has 0 spiro atoms. The van der Waals surface area contributed by atoms with Gasteiger partial charge >= 0.3 is 0 Å². The third-order valence-electron chi connectivity index (χ3n) is 1.76. The van der Waals surface area contributed by atoms with E-state index in [1.165, 1.54) is 0 Å². The van der Waals surface area contributed by atoms with Crippen molar-refractivity contribution in [3.05, 3.63) is 30.3 Å². The molecule has 0 aliphatic carbocycles. The van der Waals surface area contributed by atoms with Gasteiger partial charge in [-0.25, -0.2) is 0 Å². The van der Waals surface area contributed by atoms with Gasteiger partial charge in [-0.15, -0.1) is 0 Å². The molecule has 16 heavy (non-hydrogen) atoms. The first-order chi connectivity index (χ1) is 7.68.